The summed E-state index contributed by atoms with van der Waals surface area (Å²) in [6.07, 6.45) is 7.07. The van der Waals surface area contributed by atoms with Gasteiger partial charge in [-0.25, -0.2) is 0 Å². The van der Waals surface area contributed by atoms with E-state index in [4.69, 9.17) is 6.42 Å². The maximum atomic E-state index is 5.19. The summed E-state index contributed by atoms with van der Waals surface area (Å²) in [6.45, 7) is 5.36. The standard InChI is InChI=1S/C14H19N/c1-4-5-6-10-15-14-9-7-8-13(11-14)12(2)3/h1,7-9,11-12,15H,5-6,10H2,2-3H3. The molecule has 1 N–H and O–H groups in total. The Bertz CT molecular complexity index is 333. The average Bonchev–Trinajstić information content (AvgIpc) is 2.25. The fraction of sp³-hybridized carbons (Fsp3) is 0.429. The minimum Gasteiger partial charge on any atom is -0.385 e. The van der Waals surface area contributed by atoms with Crippen LogP contribution in [0.4, 0.5) is 5.69 Å². The molecule has 1 aromatic carbocycles. The van der Waals surface area contributed by atoms with Crippen molar-refractivity contribution >= 4 is 5.69 Å². The summed E-state index contributed by atoms with van der Waals surface area (Å²) < 4.78 is 0. The number of rotatable bonds is 5. The highest BCUT2D eigenvalue weighted by molar-refractivity contribution is 5.46. The molecule has 0 saturated carbocycles. The van der Waals surface area contributed by atoms with Crippen LogP contribution < -0.4 is 5.32 Å². The third kappa shape index (κ3) is 4.08. The molecule has 15 heavy (non-hydrogen) atoms. The summed E-state index contributed by atoms with van der Waals surface area (Å²) in [5.74, 6) is 3.22. The molecule has 0 unspecified atom stereocenters. The van der Waals surface area contributed by atoms with Crippen LogP contribution in [0.3, 0.4) is 0 Å². The number of unbranched alkanes of at least 4 members (excludes halogenated alkanes) is 1. The summed E-state index contributed by atoms with van der Waals surface area (Å²) in [6, 6.07) is 8.57. The first-order valence-corrected chi connectivity index (χ1v) is 5.51. The minimum absolute atomic E-state index is 0.581. The third-order valence-electron chi connectivity index (χ3n) is 2.38. The van der Waals surface area contributed by atoms with Gasteiger partial charge in [0.05, 0.1) is 0 Å². The number of terminal acetylenes is 1. The van der Waals surface area contributed by atoms with Crippen LogP contribution in [0.5, 0.6) is 0 Å². The predicted octanol–water partition coefficient (Wildman–Crippen LogP) is 3.64. The number of benzene rings is 1. The van der Waals surface area contributed by atoms with Gasteiger partial charge >= 0.3 is 0 Å². The van der Waals surface area contributed by atoms with Crippen molar-refractivity contribution < 1.29 is 0 Å². The molecule has 0 aromatic heterocycles. The van der Waals surface area contributed by atoms with E-state index in [9.17, 15) is 0 Å². The average molecular weight is 201 g/mol. The molecule has 0 saturated heterocycles. The van der Waals surface area contributed by atoms with E-state index in [1.807, 2.05) is 0 Å². The molecule has 0 aliphatic carbocycles. The maximum Gasteiger partial charge on any atom is 0.0343 e. The summed E-state index contributed by atoms with van der Waals surface area (Å²) in [5.41, 5.74) is 2.56. The van der Waals surface area contributed by atoms with Gasteiger partial charge in [-0.2, -0.15) is 0 Å². The molecule has 0 aliphatic heterocycles. The van der Waals surface area contributed by atoms with Gasteiger partial charge in [0.25, 0.3) is 0 Å². The maximum absolute atomic E-state index is 5.19. The molecule has 0 bridgehead atoms. The Morgan fingerprint density at radius 3 is 2.87 bits per heavy atom. The van der Waals surface area contributed by atoms with Gasteiger partial charge in [-0.3, -0.25) is 0 Å². The second-order valence-electron chi connectivity index (χ2n) is 4.01. The molecule has 0 amide bonds. The van der Waals surface area contributed by atoms with Crippen molar-refractivity contribution in [2.75, 3.05) is 11.9 Å². The predicted molar refractivity (Wildman–Crippen MR) is 67.1 cm³/mol. The van der Waals surface area contributed by atoms with Gasteiger partial charge < -0.3 is 5.32 Å². The van der Waals surface area contributed by atoms with E-state index in [0.29, 0.717) is 5.92 Å². The van der Waals surface area contributed by atoms with Crippen molar-refractivity contribution in [3.63, 3.8) is 0 Å². The van der Waals surface area contributed by atoms with Gasteiger partial charge in [-0.1, -0.05) is 26.0 Å². The molecule has 0 aliphatic rings. The van der Waals surface area contributed by atoms with Crippen molar-refractivity contribution in [1.29, 1.82) is 0 Å². The summed E-state index contributed by atoms with van der Waals surface area (Å²) in [7, 11) is 0. The molecule has 1 heteroatoms. The topological polar surface area (TPSA) is 12.0 Å². The minimum atomic E-state index is 0.581. The molecule has 80 valence electrons. The van der Waals surface area contributed by atoms with Crippen LogP contribution in [0.2, 0.25) is 0 Å². The second-order valence-corrected chi connectivity index (χ2v) is 4.01. The molecule has 1 aromatic rings. The molecule has 1 nitrogen and oxygen atoms in total. The number of nitrogens with one attached hydrogen (secondary N) is 1. The Morgan fingerprint density at radius 2 is 2.20 bits per heavy atom. The van der Waals surface area contributed by atoms with E-state index in [1.54, 1.807) is 0 Å². The van der Waals surface area contributed by atoms with Crippen LogP contribution in [-0.4, -0.2) is 6.54 Å². The Balaban J connectivity index is 2.48. The van der Waals surface area contributed by atoms with Gasteiger partial charge in [0.2, 0.25) is 0 Å². The quantitative estimate of drug-likeness (QED) is 0.566. The van der Waals surface area contributed by atoms with Crippen molar-refractivity contribution in [2.24, 2.45) is 0 Å². The number of anilines is 1. The smallest absolute Gasteiger partial charge is 0.0343 e. The fourth-order valence-electron chi connectivity index (χ4n) is 1.43. The SMILES string of the molecule is C#CCCCNc1cccc(C(C)C)c1. The zero-order chi connectivity index (χ0) is 11.1. The first-order valence-electron chi connectivity index (χ1n) is 5.51. The normalized spacial score (nSPS) is 10.0. The number of hydrogen-bond acceptors (Lipinski definition) is 1. The van der Waals surface area contributed by atoms with Crippen LogP contribution in [0.15, 0.2) is 24.3 Å². The van der Waals surface area contributed by atoms with Crippen LogP contribution in [0.25, 0.3) is 0 Å². The molecular weight excluding hydrogens is 182 g/mol. The monoisotopic (exact) mass is 201 g/mol. The van der Waals surface area contributed by atoms with E-state index in [2.05, 4.69) is 49.4 Å². The summed E-state index contributed by atoms with van der Waals surface area (Å²) in [5, 5.41) is 3.38. The molecule has 0 atom stereocenters. The molecule has 0 fully saturated rings. The lowest BCUT2D eigenvalue weighted by Crippen LogP contribution is -2.01. The second kappa shape index (κ2) is 6.14. The molecule has 1 rings (SSSR count). The first-order chi connectivity index (χ1) is 7.24. The summed E-state index contributed by atoms with van der Waals surface area (Å²) in [4.78, 5) is 0. The molecule has 0 heterocycles. The highest BCUT2D eigenvalue weighted by Gasteiger charge is 1.99. The fourth-order valence-corrected chi connectivity index (χ4v) is 1.43. The molecular formula is C14H19N. The van der Waals surface area contributed by atoms with Crippen LogP contribution in [-0.2, 0) is 0 Å². The zero-order valence-electron chi connectivity index (χ0n) is 9.59. The van der Waals surface area contributed by atoms with E-state index < -0.39 is 0 Å². The lowest BCUT2D eigenvalue weighted by atomic mass is 10.0. The first kappa shape index (κ1) is 11.7. The highest BCUT2D eigenvalue weighted by Crippen LogP contribution is 2.18. The largest absolute Gasteiger partial charge is 0.385 e. The van der Waals surface area contributed by atoms with Crippen molar-refractivity contribution in [1.82, 2.24) is 0 Å². The van der Waals surface area contributed by atoms with E-state index >= 15 is 0 Å². The van der Waals surface area contributed by atoms with Gasteiger partial charge in [0.1, 0.15) is 0 Å². The van der Waals surface area contributed by atoms with Gasteiger partial charge in [-0.05, 0) is 30.0 Å². The van der Waals surface area contributed by atoms with Gasteiger partial charge in [0, 0.05) is 18.7 Å². The Morgan fingerprint density at radius 1 is 1.40 bits per heavy atom. The van der Waals surface area contributed by atoms with Crippen LogP contribution in [0, 0.1) is 12.3 Å². The van der Waals surface area contributed by atoms with Gasteiger partial charge in [-0.15, -0.1) is 12.3 Å². The van der Waals surface area contributed by atoms with E-state index in [1.165, 1.54) is 11.3 Å². The van der Waals surface area contributed by atoms with E-state index in [-0.39, 0.29) is 0 Å². The van der Waals surface area contributed by atoms with Crippen molar-refractivity contribution in [3.05, 3.63) is 29.8 Å². The zero-order valence-corrected chi connectivity index (χ0v) is 9.59. The van der Waals surface area contributed by atoms with Crippen LogP contribution >= 0.6 is 0 Å². The van der Waals surface area contributed by atoms with E-state index in [0.717, 1.165) is 19.4 Å². The lowest BCUT2D eigenvalue weighted by molar-refractivity contribution is 0.864. The van der Waals surface area contributed by atoms with Gasteiger partial charge in [0.15, 0.2) is 0 Å². The Hall–Kier alpha value is -1.42. The lowest BCUT2D eigenvalue weighted by Gasteiger charge is -2.09. The summed E-state index contributed by atoms with van der Waals surface area (Å²) >= 11 is 0. The number of hydrogen-bond donors (Lipinski definition) is 1. The molecule has 0 spiro atoms. The highest BCUT2D eigenvalue weighted by atomic mass is 14.9. The third-order valence-corrected chi connectivity index (χ3v) is 2.38. The van der Waals surface area contributed by atoms with Crippen molar-refractivity contribution in [2.45, 2.75) is 32.6 Å². The molecule has 0 radical (unpaired) electrons. The van der Waals surface area contributed by atoms with Crippen molar-refractivity contribution in [3.8, 4) is 12.3 Å². The van der Waals surface area contributed by atoms with Crippen LogP contribution in [0.1, 0.15) is 38.2 Å². The Kier molecular flexibility index (Phi) is 4.77. The Labute approximate surface area is 92.9 Å².